The molecule has 0 bridgehead atoms. The van der Waals surface area contributed by atoms with Crippen molar-refractivity contribution < 1.29 is 9.47 Å². The van der Waals surface area contributed by atoms with Gasteiger partial charge in [0, 0.05) is 11.3 Å². The number of nitrogens with zero attached hydrogens (tertiary/aromatic N) is 2. The summed E-state index contributed by atoms with van der Waals surface area (Å²) in [5.74, 6) is 1.76. The highest BCUT2D eigenvalue weighted by atomic mass is 16.6. The van der Waals surface area contributed by atoms with Gasteiger partial charge in [-0.25, -0.2) is 0 Å². The van der Waals surface area contributed by atoms with E-state index in [2.05, 4.69) is 24.9 Å². The molecule has 2 aromatic rings. The van der Waals surface area contributed by atoms with Gasteiger partial charge in [-0.3, -0.25) is 4.98 Å². The average Bonchev–Trinajstić information content (AvgIpc) is 2.53. The lowest BCUT2D eigenvalue weighted by molar-refractivity contribution is 0.171. The fourth-order valence-corrected chi connectivity index (χ4v) is 2.30. The first-order valence-electron chi connectivity index (χ1n) is 7.00. The third kappa shape index (κ3) is 2.55. The Morgan fingerprint density at radius 3 is 2.57 bits per heavy atom. The molecule has 0 saturated carbocycles. The Kier molecular flexibility index (Phi) is 3.49. The molecular formula is C17H16N2O2. The van der Waals surface area contributed by atoms with Gasteiger partial charge in [0.15, 0.2) is 11.5 Å². The zero-order chi connectivity index (χ0) is 14.8. The standard InChI is InChI=1S/C17H16N2O2/c1-11(2)14-5-3-13(10-18)17(19-14)12-4-6-15-16(9-12)21-8-7-20-15/h3-6,9,11H,7-8H2,1-2H3. The van der Waals surface area contributed by atoms with Crippen LogP contribution in [0.1, 0.15) is 31.0 Å². The normalized spacial score (nSPS) is 13.0. The maximum Gasteiger partial charge on any atom is 0.162 e. The van der Waals surface area contributed by atoms with Crippen LogP contribution in [0.3, 0.4) is 0 Å². The molecule has 0 atom stereocenters. The van der Waals surface area contributed by atoms with Crippen molar-refractivity contribution in [3.8, 4) is 28.8 Å². The van der Waals surface area contributed by atoms with Gasteiger partial charge in [-0.05, 0) is 36.2 Å². The molecule has 4 heteroatoms. The lowest BCUT2D eigenvalue weighted by Gasteiger charge is -2.19. The minimum atomic E-state index is 0.314. The smallest absolute Gasteiger partial charge is 0.162 e. The van der Waals surface area contributed by atoms with Crippen molar-refractivity contribution in [1.82, 2.24) is 4.98 Å². The van der Waals surface area contributed by atoms with E-state index in [4.69, 9.17) is 9.47 Å². The van der Waals surface area contributed by atoms with Crippen LogP contribution in [0, 0.1) is 11.3 Å². The molecule has 0 unspecified atom stereocenters. The van der Waals surface area contributed by atoms with Crippen LogP contribution < -0.4 is 9.47 Å². The average molecular weight is 280 g/mol. The summed E-state index contributed by atoms with van der Waals surface area (Å²) in [5, 5.41) is 9.30. The van der Waals surface area contributed by atoms with Gasteiger partial charge in [0.2, 0.25) is 0 Å². The van der Waals surface area contributed by atoms with Gasteiger partial charge in [0.05, 0.1) is 11.3 Å². The van der Waals surface area contributed by atoms with Crippen LogP contribution in [-0.4, -0.2) is 18.2 Å². The summed E-state index contributed by atoms with van der Waals surface area (Å²) in [6, 6.07) is 11.6. The van der Waals surface area contributed by atoms with E-state index in [-0.39, 0.29) is 0 Å². The minimum Gasteiger partial charge on any atom is -0.486 e. The zero-order valence-corrected chi connectivity index (χ0v) is 12.1. The second-order valence-corrected chi connectivity index (χ2v) is 5.26. The summed E-state index contributed by atoms with van der Waals surface area (Å²) in [5.41, 5.74) is 3.11. The second-order valence-electron chi connectivity index (χ2n) is 5.26. The number of aromatic nitrogens is 1. The van der Waals surface area contributed by atoms with E-state index in [0.29, 0.717) is 36.1 Å². The Hall–Kier alpha value is -2.54. The zero-order valence-electron chi connectivity index (χ0n) is 12.1. The van der Waals surface area contributed by atoms with Crippen molar-refractivity contribution in [2.45, 2.75) is 19.8 Å². The molecule has 3 rings (SSSR count). The van der Waals surface area contributed by atoms with Crippen molar-refractivity contribution in [3.05, 3.63) is 41.6 Å². The van der Waals surface area contributed by atoms with Gasteiger partial charge in [-0.15, -0.1) is 0 Å². The SMILES string of the molecule is CC(C)c1ccc(C#N)c(-c2ccc3c(c2)OCCO3)n1. The van der Waals surface area contributed by atoms with Crippen LogP contribution in [0.5, 0.6) is 11.5 Å². The largest absolute Gasteiger partial charge is 0.486 e. The minimum absolute atomic E-state index is 0.314. The van der Waals surface area contributed by atoms with E-state index in [9.17, 15) is 5.26 Å². The molecule has 0 amide bonds. The molecule has 0 radical (unpaired) electrons. The van der Waals surface area contributed by atoms with Gasteiger partial charge in [-0.2, -0.15) is 5.26 Å². The van der Waals surface area contributed by atoms with Gasteiger partial charge >= 0.3 is 0 Å². The highest BCUT2D eigenvalue weighted by molar-refractivity contribution is 5.69. The fourth-order valence-electron chi connectivity index (χ4n) is 2.30. The number of nitriles is 1. The van der Waals surface area contributed by atoms with E-state index >= 15 is 0 Å². The quantitative estimate of drug-likeness (QED) is 0.844. The third-order valence-electron chi connectivity index (χ3n) is 3.44. The van der Waals surface area contributed by atoms with E-state index < -0.39 is 0 Å². The van der Waals surface area contributed by atoms with E-state index in [1.54, 1.807) is 0 Å². The predicted octanol–water partition coefficient (Wildman–Crippen LogP) is 3.51. The lowest BCUT2D eigenvalue weighted by Crippen LogP contribution is -2.15. The Morgan fingerprint density at radius 2 is 1.86 bits per heavy atom. The van der Waals surface area contributed by atoms with E-state index in [0.717, 1.165) is 17.0 Å². The number of hydrogen-bond acceptors (Lipinski definition) is 4. The highest BCUT2D eigenvalue weighted by Gasteiger charge is 2.15. The first-order valence-corrected chi connectivity index (χ1v) is 7.00. The molecule has 0 saturated heterocycles. The molecule has 4 nitrogen and oxygen atoms in total. The molecule has 21 heavy (non-hydrogen) atoms. The maximum absolute atomic E-state index is 9.30. The van der Waals surface area contributed by atoms with Crippen LogP contribution in [0.2, 0.25) is 0 Å². The summed E-state index contributed by atoms with van der Waals surface area (Å²) in [6.07, 6.45) is 0. The molecule has 0 N–H and O–H groups in total. The van der Waals surface area contributed by atoms with Crippen LogP contribution >= 0.6 is 0 Å². The lowest BCUT2D eigenvalue weighted by atomic mass is 10.0. The molecule has 0 spiro atoms. The van der Waals surface area contributed by atoms with Crippen molar-refractivity contribution in [2.24, 2.45) is 0 Å². The Bertz CT molecular complexity index is 717. The Morgan fingerprint density at radius 1 is 1.10 bits per heavy atom. The van der Waals surface area contributed by atoms with Crippen LogP contribution in [0.15, 0.2) is 30.3 Å². The molecule has 106 valence electrons. The van der Waals surface area contributed by atoms with Crippen molar-refractivity contribution >= 4 is 0 Å². The number of ether oxygens (including phenoxy) is 2. The molecule has 0 fully saturated rings. The number of rotatable bonds is 2. The van der Waals surface area contributed by atoms with Crippen LogP contribution in [0.4, 0.5) is 0 Å². The fraction of sp³-hybridized carbons (Fsp3) is 0.294. The monoisotopic (exact) mass is 280 g/mol. The van der Waals surface area contributed by atoms with Gasteiger partial charge < -0.3 is 9.47 Å². The highest BCUT2D eigenvalue weighted by Crippen LogP contribution is 2.35. The number of fused-ring (bicyclic) bond motifs is 1. The van der Waals surface area contributed by atoms with Gasteiger partial charge in [0.25, 0.3) is 0 Å². The van der Waals surface area contributed by atoms with E-state index in [1.165, 1.54) is 0 Å². The van der Waals surface area contributed by atoms with E-state index in [1.807, 2.05) is 30.3 Å². The molecular weight excluding hydrogens is 264 g/mol. The molecule has 2 heterocycles. The Labute approximate surface area is 124 Å². The number of benzene rings is 1. The second kappa shape index (κ2) is 5.45. The molecule has 1 aliphatic rings. The summed E-state index contributed by atoms with van der Waals surface area (Å²) in [4.78, 5) is 4.64. The molecule has 1 aliphatic heterocycles. The van der Waals surface area contributed by atoms with Crippen molar-refractivity contribution in [2.75, 3.05) is 13.2 Å². The molecule has 1 aromatic carbocycles. The topological polar surface area (TPSA) is 55.1 Å². The van der Waals surface area contributed by atoms with Gasteiger partial charge in [-0.1, -0.05) is 13.8 Å². The first-order chi connectivity index (χ1) is 10.2. The summed E-state index contributed by atoms with van der Waals surface area (Å²) in [7, 11) is 0. The molecule has 1 aromatic heterocycles. The van der Waals surface area contributed by atoms with Crippen molar-refractivity contribution in [3.63, 3.8) is 0 Å². The predicted molar refractivity (Wildman–Crippen MR) is 79.5 cm³/mol. The Balaban J connectivity index is 2.11. The third-order valence-corrected chi connectivity index (χ3v) is 3.44. The summed E-state index contributed by atoms with van der Waals surface area (Å²) in [6.45, 7) is 5.28. The number of hydrogen-bond donors (Lipinski definition) is 0. The van der Waals surface area contributed by atoms with Crippen LogP contribution in [0.25, 0.3) is 11.3 Å². The first kappa shape index (κ1) is 13.4. The molecule has 0 aliphatic carbocycles. The van der Waals surface area contributed by atoms with Crippen molar-refractivity contribution in [1.29, 1.82) is 5.26 Å². The maximum atomic E-state index is 9.30. The summed E-state index contributed by atoms with van der Waals surface area (Å²) < 4.78 is 11.1. The number of pyridine rings is 1. The summed E-state index contributed by atoms with van der Waals surface area (Å²) >= 11 is 0. The van der Waals surface area contributed by atoms with Gasteiger partial charge in [0.1, 0.15) is 19.3 Å². The van der Waals surface area contributed by atoms with Crippen LogP contribution in [-0.2, 0) is 0 Å².